The van der Waals surface area contributed by atoms with Gasteiger partial charge in [0, 0.05) is 32.5 Å². The Labute approximate surface area is 173 Å². The summed E-state index contributed by atoms with van der Waals surface area (Å²) in [4.78, 5) is 1.27. The van der Waals surface area contributed by atoms with Gasteiger partial charge in [0.15, 0.2) is 0 Å². The maximum atomic E-state index is 5.89. The molecule has 0 aromatic heterocycles. The summed E-state index contributed by atoms with van der Waals surface area (Å²) in [6, 6.07) is 22.6. The van der Waals surface area contributed by atoms with Crippen molar-refractivity contribution in [2.45, 2.75) is 0 Å². The lowest BCUT2D eigenvalue weighted by Gasteiger charge is -2.11. The van der Waals surface area contributed by atoms with E-state index in [-0.39, 0.29) is 0 Å². The van der Waals surface area contributed by atoms with Crippen molar-refractivity contribution in [1.29, 1.82) is 0 Å². The molecule has 0 saturated heterocycles. The molecule has 2 nitrogen and oxygen atoms in total. The quantitative estimate of drug-likeness (QED) is 0.469. The molecule has 0 radical (unpaired) electrons. The van der Waals surface area contributed by atoms with Crippen LogP contribution in [0.25, 0.3) is 0 Å². The van der Waals surface area contributed by atoms with Gasteiger partial charge in [0.05, 0.1) is 0 Å². The molecule has 3 rings (SSSR count). The average Bonchev–Trinajstić information content (AvgIpc) is 2.65. The van der Waals surface area contributed by atoms with E-state index in [0.717, 1.165) is 22.5 Å². The molecule has 0 heterocycles. The van der Waals surface area contributed by atoms with E-state index in [4.69, 9.17) is 47.6 Å². The Kier molecular flexibility index (Phi) is 6.22. The van der Waals surface area contributed by atoms with E-state index in [1.807, 2.05) is 72.8 Å². The molecule has 130 valence electrons. The topological polar surface area (TPSA) is 24.1 Å². The van der Waals surface area contributed by atoms with E-state index in [9.17, 15) is 0 Å². The van der Waals surface area contributed by atoms with E-state index in [2.05, 4.69) is 10.6 Å². The van der Waals surface area contributed by atoms with Crippen LogP contribution in [-0.4, -0.2) is 9.98 Å². The predicted molar refractivity (Wildman–Crippen MR) is 120 cm³/mol. The number of thiocarbonyl (C=S) groups is 2. The SMILES string of the molecule is S=C(Nc1ccc(Cl)cc1)c1ccc(C(=S)Nc2ccc(Cl)cc2)cc1. The van der Waals surface area contributed by atoms with Gasteiger partial charge < -0.3 is 10.6 Å². The van der Waals surface area contributed by atoms with Gasteiger partial charge in [0.25, 0.3) is 0 Å². The molecule has 0 atom stereocenters. The maximum absolute atomic E-state index is 5.89. The Bertz CT molecular complexity index is 843. The van der Waals surface area contributed by atoms with Crippen LogP contribution in [0.2, 0.25) is 10.0 Å². The Hall–Kier alpha value is -1.98. The molecular weight excluding hydrogens is 403 g/mol. The highest BCUT2D eigenvalue weighted by atomic mass is 35.5. The van der Waals surface area contributed by atoms with Gasteiger partial charge in [-0.15, -0.1) is 0 Å². The number of halogens is 2. The number of rotatable bonds is 4. The maximum Gasteiger partial charge on any atom is 0.110 e. The standard InChI is InChI=1S/C20H14Cl2N2S2/c21-15-5-9-17(10-6-15)23-19(25)13-1-2-14(4-3-13)20(26)24-18-11-7-16(22)8-12-18/h1-12H,(H,23,25)(H,24,26). The van der Waals surface area contributed by atoms with Crippen molar-refractivity contribution in [1.82, 2.24) is 0 Å². The van der Waals surface area contributed by atoms with Crippen molar-refractivity contribution in [2.24, 2.45) is 0 Å². The second-order valence-electron chi connectivity index (χ2n) is 5.50. The molecule has 0 amide bonds. The lowest BCUT2D eigenvalue weighted by molar-refractivity contribution is 1.58. The number of anilines is 2. The normalized spacial score (nSPS) is 10.2. The van der Waals surface area contributed by atoms with Gasteiger partial charge in [-0.05, 0) is 48.5 Å². The fraction of sp³-hybridized carbons (Fsp3) is 0. The number of nitrogens with one attached hydrogen (secondary N) is 2. The molecule has 26 heavy (non-hydrogen) atoms. The van der Waals surface area contributed by atoms with Gasteiger partial charge in [-0.1, -0.05) is 71.9 Å². The molecule has 6 heteroatoms. The molecule has 0 aliphatic heterocycles. The lowest BCUT2D eigenvalue weighted by Crippen LogP contribution is -2.13. The van der Waals surface area contributed by atoms with Crippen molar-refractivity contribution in [2.75, 3.05) is 10.6 Å². The van der Waals surface area contributed by atoms with Crippen molar-refractivity contribution < 1.29 is 0 Å². The molecule has 3 aromatic rings. The summed E-state index contributed by atoms with van der Waals surface area (Å²) in [5, 5.41) is 7.76. The van der Waals surface area contributed by atoms with E-state index in [1.165, 1.54) is 0 Å². The van der Waals surface area contributed by atoms with Crippen LogP contribution in [0.4, 0.5) is 11.4 Å². The smallest absolute Gasteiger partial charge is 0.110 e. The Morgan fingerprint density at radius 1 is 0.538 bits per heavy atom. The molecule has 0 aliphatic carbocycles. The van der Waals surface area contributed by atoms with Crippen molar-refractivity contribution in [3.05, 3.63) is 94.0 Å². The number of hydrogen-bond donors (Lipinski definition) is 2. The third kappa shape index (κ3) is 5.02. The first-order chi connectivity index (χ1) is 12.5. The molecule has 0 saturated carbocycles. The largest absolute Gasteiger partial charge is 0.346 e. The minimum absolute atomic E-state index is 0.635. The average molecular weight is 417 g/mol. The molecule has 0 unspecified atom stereocenters. The predicted octanol–water partition coefficient (Wildman–Crippen LogP) is 6.57. The van der Waals surface area contributed by atoms with Crippen molar-refractivity contribution in [3.63, 3.8) is 0 Å². The fourth-order valence-electron chi connectivity index (χ4n) is 2.25. The summed E-state index contributed by atoms with van der Waals surface area (Å²) in [6.45, 7) is 0. The zero-order chi connectivity index (χ0) is 18.5. The van der Waals surface area contributed by atoms with Gasteiger partial charge >= 0.3 is 0 Å². The third-order valence-corrected chi connectivity index (χ3v) is 4.79. The summed E-state index contributed by atoms with van der Waals surface area (Å²) in [6.07, 6.45) is 0. The molecular formula is C20H14Cl2N2S2. The number of benzene rings is 3. The van der Waals surface area contributed by atoms with Crippen LogP contribution in [0, 0.1) is 0 Å². The second-order valence-corrected chi connectivity index (χ2v) is 7.19. The highest BCUT2D eigenvalue weighted by Crippen LogP contribution is 2.17. The van der Waals surface area contributed by atoms with E-state index < -0.39 is 0 Å². The van der Waals surface area contributed by atoms with Crippen LogP contribution >= 0.6 is 47.6 Å². The van der Waals surface area contributed by atoms with E-state index in [0.29, 0.717) is 20.0 Å². The first-order valence-corrected chi connectivity index (χ1v) is 9.32. The molecule has 0 bridgehead atoms. The van der Waals surface area contributed by atoms with Crippen LogP contribution in [0.1, 0.15) is 11.1 Å². The van der Waals surface area contributed by atoms with E-state index in [1.54, 1.807) is 0 Å². The first kappa shape index (κ1) is 18.8. The van der Waals surface area contributed by atoms with Gasteiger partial charge in [-0.25, -0.2) is 0 Å². The summed E-state index contributed by atoms with van der Waals surface area (Å²) in [5.74, 6) is 0. The Morgan fingerprint density at radius 3 is 1.15 bits per heavy atom. The van der Waals surface area contributed by atoms with Crippen LogP contribution in [0.5, 0.6) is 0 Å². The monoisotopic (exact) mass is 416 g/mol. The molecule has 0 spiro atoms. The lowest BCUT2D eigenvalue weighted by atomic mass is 10.1. The number of hydrogen-bond acceptors (Lipinski definition) is 2. The Balaban J connectivity index is 1.65. The van der Waals surface area contributed by atoms with Gasteiger partial charge in [0.2, 0.25) is 0 Å². The third-order valence-electron chi connectivity index (χ3n) is 3.61. The fourth-order valence-corrected chi connectivity index (χ4v) is 3.01. The van der Waals surface area contributed by atoms with Crippen LogP contribution in [0.3, 0.4) is 0 Å². The zero-order valence-corrected chi connectivity index (χ0v) is 16.6. The summed E-state index contributed by atoms with van der Waals surface area (Å²) >= 11 is 22.7. The minimum atomic E-state index is 0.635. The van der Waals surface area contributed by atoms with Gasteiger partial charge in [-0.2, -0.15) is 0 Å². The molecule has 0 aliphatic rings. The zero-order valence-electron chi connectivity index (χ0n) is 13.5. The highest BCUT2D eigenvalue weighted by Gasteiger charge is 2.05. The van der Waals surface area contributed by atoms with Gasteiger partial charge in [0.1, 0.15) is 9.98 Å². The van der Waals surface area contributed by atoms with Crippen LogP contribution in [-0.2, 0) is 0 Å². The van der Waals surface area contributed by atoms with Crippen LogP contribution < -0.4 is 10.6 Å². The van der Waals surface area contributed by atoms with Crippen LogP contribution in [0.15, 0.2) is 72.8 Å². The molecule has 3 aromatic carbocycles. The summed E-state index contributed by atoms with van der Waals surface area (Å²) in [7, 11) is 0. The highest BCUT2D eigenvalue weighted by molar-refractivity contribution is 7.81. The second kappa shape index (κ2) is 8.60. The molecule has 2 N–H and O–H groups in total. The van der Waals surface area contributed by atoms with Crippen molar-refractivity contribution >= 4 is 69.0 Å². The first-order valence-electron chi connectivity index (χ1n) is 7.75. The Morgan fingerprint density at radius 2 is 0.846 bits per heavy atom. The minimum Gasteiger partial charge on any atom is -0.346 e. The van der Waals surface area contributed by atoms with E-state index >= 15 is 0 Å². The van der Waals surface area contributed by atoms with Gasteiger partial charge in [-0.3, -0.25) is 0 Å². The summed E-state index contributed by atoms with van der Waals surface area (Å²) < 4.78 is 0. The summed E-state index contributed by atoms with van der Waals surface area (Å²) in [5.41, 5.74) is 3.60. The van der Waals surface area contributed by atoms with Crippen molar-refractivity contribution in [3.8, 4) is 0 Å². The molecule has 0 fully saturated rings.